The van der Waals surface area contributed by atoms with E-state index in [-0.39, 0.29) is 6.04 Å². The maximum absolute atomic E-state index is 4.42. The van der Waals surface area contributed by atoms with Crippen LogP contribution < -0.4 is 5.32 Å². The molecule has 0 saturated heterocycles. The fraction of sp³-hybridized carbons (Fsp3) is 0.389. The molecule has 0 spiro atoms. The number of nitrogens with zero attached hydrogens (tertiary/aromatic N) is 1. The van der Waals surface area contributed by atoms with Gasteiger partial charge in [0.05, 0.1) is 5.69 Å². The number of hydrogen-bond acceptors (Lipinski definition) is 2. The van der Waals surface area contributed by atoms with Crippen LogP contribution in [0.15, 0.2) is 42.6 Å². The van der Waals surface area contributed by atoms with Gasteiger partial charge in [-0.2, -0.15) is 0 Å². The molecule has 0 fully saturated rings. The summed E-state index contributed by atoms with van der Waals surface area (Å²) in [7, 11) is 0. The van der Waals surface area contributed by atoms with Gasteiger partial charge < -0.3 is 5.32 Å². The van der Waals surface area contributed by atoms with E-state index in [1.165, 1.54) is 24.8 Å². The highest BCUT2D eigenvalue weighted by Crippen LogP contribution is 2.26. The Labute approximate surface area is 121 Å². The average molecular weight is 266 g/mol. The number of pyridine rings is 1. The molecule has 1 heterocycles. The monoisotopic (exact) mass is 266 g/mol. The van der Waals surface area contributed by atoms with Crippen molar-refractivity contribution in [3.63, 3.8) is 0 Å². The van der Waals surface area contributed by atoms with Crippen LogP contribution in [0.4, 0.5) is 0 Å². The van der Waals surface area contributed by atoms with E-state index in [2.05, 4.69) is 48.4 Å². The number of rotatable bonds is 4. The lowest BCUT2D eigenvalue weighted by Gasteiger charge is -2.20. The first-order valence-corrected chi connectivity index (χ1v) is 7.53. The summed E-state index contributed by atoms with van der Waals surface area (Å²) in [5.41, 5.74) is 5.56. The van der Waals surface area contributed by atoms with Gasteiger partial charge in [-0.3, -0.25) is 4.98 Å². The lowest BCUT2D eigenvalue weighted by atomic mass is 10.0. The summed E-state index contributed by atoms with van der Waals surface area (Å²) in [6.07, 6.45) is 5.66. The molecule has 2 atom stereocenters. The minimum absolute atomic E-state index is 0.263. The molecule has 2 aromatic rings. The highest BCUT2D eigenvalue weighted by molar-refractivity contribution is 5.36. The number of benzene rings is 1. The number of fused-ring (bicyclic) bond motifs is 1. The predicted molar refractivity (Wildman–Crippen MR) is 82.7 cm³/mol. The molecule has 1 aromatic carbocycles. The van der Waals surface area contributed by atoms with Gasteiger partial charge in [0.1, 0.15) is 0 Å². The maximum atomic E-state index is 4.42. The summed E-state index contributed by atoms with van der Waals surface area (Å²) in [6, 6.07) is 13.6. The normalized spacial score (nSPS) is 16.7. The van der Waals surface area contributed by atoms with Crippen molar-refractivity contribution in [3.05, 3.63) is 65.0 Å². The Kier molecular flexibility index (Phi) is 3.83. The molecule has 1 unspecified atom stereocenters. The van der Waals surface area contributed by atoms with Crippen LogP contribution in [0.5, 0.6) is 0 Å². The van der Waals surface area contributed by atoms with E-state index in [9.17, 15) is 0 Å². The number of aryl methyl sites for hydroxylation is 2. The van der Waals surface area contributed by atoms with Crippen LogP contribution in [0.25, 0.3) is 0 Å². The number of hydrogen-bond donors (Lipinski definition) is 1. The molecule has 1 aliphatic rings. The lowest BCUT2D eigenvalue weighted by Crippen LogP contribution is -2.23. The molecule has 0 amide bonds. The second-order valence-electron chi connectivity index (χ2n) is 5.75. The Morgan fingerprint density at radius 3 is 2.65 bits per heavy atom. The molecule has 1 aromatic heterocycles. The van der Waals surface area contributed by atoms with Crippen molar-refractivity contribution >= 4 is 0 Å². The topological polar surface area (TPSA) is 24.9 Å². The van der Waals surface area contributed by atoms with Gasteiger partial charge in [-0.1, -0.05) is 24.3 Å². The quantitative estimate of drug-likeness (QED) is 0.905. The smallest absolute Gasteiger partial charge is 0.0570 e. The molecule has 3 rings (SSSR count). The fourth-order valence-corrected chi connectivity index (χ4v) is 3.05. The second kappa shape index (κ2) is 5.76. The van der Waals surface area contributed by atoms with Gasteiger partial charge in [-0.15, -0.1) is 0 Å². The first kappa shape index (κ1) is 13.3. The van der Waals surface area contributed by atoms with Gasteiger partial charge in [0.2, 0.25) is 0 Å². The van der Waals surface area contributed by atoms with Gasteiger partial charge >= 0.3 is 0 Å². The van der Waals surface area contributed by atoms with Crippen LogP contribution in [0.2, 0.25) is 0 Å². The summed E-state index contributed by atoms with van der Waals surface area (Å²) in [5.74, 6) is 0. The largest absolute Gasteiger partial charge is 0.302 e. The van der Waals surface area contributed by atoms with Gasteiger partial charge in [0, 0.05) is 18.3 Å². The molecule has 0 saturated carbocycles. The minimum atomic E-state index is 0.263. The summed E-state index contributed by atoms with van der Waals surface area (Å²) in [6.45, 7) is 4.41. The zero-order chi connectivity index (χ0) is 13.9. The molecule has 104 valence electrons. The third-order valence-electron chi connectivity index (χ3n) is 4.25. The van der Waals surface area contributed by atoms with E-state index in [4.69, 9.17) is 0 Å². The van der Waals surface area contributed by atoms with Crippen LogP contribution in [-0.4, -0.2) is 4.98 Å². The first-order valence-electron chi connectivity index (χ1n) is 7.53. The molecular formula is C18H22N2. The number of nitrogens with one attached hydrogen (secondary N) is 1. The standard InChI is InChI=1S/C18H22N2/c1-13(20-14(2)18-8-3-4-11-19-18)16-10-9-15-6-5-7-17(15)12-16/h3-4,8-14,20H,5-7H2,1-2H3/t13?,14-/m0/s1. The van der Waals surface area contributed by atoms with Crippen molar-refractivity contribution in [2.75, 3.05) is 0 Å². The van der Waals surface area contributed by atoms with Crippen LogP contribution in [0.3, 0.4) is 0 Å². The van der Waals surface area contributed by atoms with E-state index >= 15 is 0 Å². The zero-order valence-corrected chi connectivity index (χ0v) is 12.3. The van der Waals surface area contributed by atoms with E-state index in [0.717, 1.165) is 5.69 Å². The highest BCUT2D eigenvalue weighted by atomic mass is 15.0. The van der Waals surface area contributed by atoms with Crippen molar-refractivity contribution in [3.8, 4) is 0 Å². The Bertz CT molecular complexity index is 577. The Morgan fingerprint density at radius 2 is 1.85 bits per heavy atom. The zero-order valence-electron chi connectivity index (χ0n) is 12.3. The molecule has 2 nitrogen and oxygen atoms in total. The van der Waals surface area contributed by atoms with Crippen LogP contribution >= 0.6 is 0 Å². The Morgan fingerprint density at radius 1 is 1.00 bits per heavy atom. The van der Waals surface area contributed by atoms with E-state index in [0.29, 0.717) is 6.04 Å². The summed E-state index contributed by atoms with van der Waals surface area (Å²) in [4.78, 5) is 4.42. The van der Waals surface area contributed by atoms with Crippen molar-refractivity contribution in [2.24, 2.45) is 0 Å². The fourth-order valence-electron chi connectivity index (χ4n) is 3.05. The molecule has 0 radical (unpaired) electrons. The van der Waals surface area contributed by atoms with Crippen molar-refractivity contribution in [1.82, 2.24) is 10.3 Å². The molecule has 2 heteroatoms. The lowest BCUT2D eigenvalue weighted by molar-refractivity contribution is 0.486. The summed E-state index contributed by atoms with van der Waals surface area (Å²) < 4.78 is 0. The first-order chi connectivity index (χ1) is 9.74. The Balaban J connectivity index is 1.71. The van der Waals surface area contributed by atoms with Gasteiger partial charge in [0.15, 0.2) is 0 Å². The molecule has 0 aliphatic heterocycles. The molecule has 1 N–H and O–H groups in total. The SMILES string of the molecule is CC(N[C@@H](C)c1ccccn1)c1ccc2c(c1)CCC2. The number of aromatic nitrogens is 1. The molecule has 1 aliphatic carbocycles. The van der Waals surface area contributed by atoms with E-state index in [1.54, 1.807) is 11.1 Å². The van der Waals surface area contributed by atoms with E-state index in [1.807, 2.05) is 18.3 Å². The van der Waals surface area contributed by atoms with Crippen molar-refractivity contribution < 1.29 is 0 Å². The third kappa shape index (κ3) is 2.75. The predicted octanol–water partition coefficient (Wildman–Crippen LogP) is 3.98. The van der Waals surface area contributed by atoms with Crippen LogP contribution in [-0.2, 0) is 12.8 Å². The van der Waals surface area contributed by atoms with Crippen molar-refractivity contribution in [1.29, 1.82) is 0 Å². The van der Waals surface area contributed by atoms with E-state index < -0.39 is 0 Å². The molecule has 0 bridgehead atoms. The third-order valence-corrected chi connectivity index (χ3v) is 4.25. The minimum Gasteiger partial charge on any atom is -0.302 e. The van der Waals surface area contributed by atoms with Gasteiger partial charge in [-0.25, -0.2) is 0 Å². The Hall–Kier alpha value is -1.67. The van der Waals surface area contributed by atoms with Crippen LogP contribution in [0, 0.1) is 0 Å². The highest BCUT2D eigenvalue weighted by Gasteiger charge is 2.15. The maximum Gasteiger partial charge on any atom is 0.0570 e. The van der Waals surface area contributed by atoms with Crippen LogP contribution in [0.1, 0.15) is 54.7 Å². The van der Waals surface area contributed by atoms with Gasteiger partial charge in [0.25, 0.3) is 0 Å². The summed E-state index contributed by atoms with van der Waals surface area (Å²) >= 11 is 0. The molecule has 20 heavy (non-hydrogen) atoms. The second-order valence-corrected chi connectivity index (χ2v) is 5.75. The van der Waals surface area contributed by atoms with Crippen molar-refractivity contribution in [2.45, 2.75) is 45.2 Å². The average Bonchev–Trinajstić information content (AvgIpc) is 2.95. The summed E-state index contributed by atoms with van der Waals surface area (Å²) in [5, 5.41) is 3.64. The molecular weight excluding hydrogens is 244 g/mol. The van der Waals surface area contributed by atoms with Gasteiger partial charge in [-0.05, 0) is 61.9 Å².